The van der Waals surface area contributed by atoms with Crippen LogP contribution < -0.4 is 4.74 Å². The van der Waals surface area contributed by atoms with Crippen LogP contribution >= 0.6 is 0 Å². The molecule has 0 spiro atoms. The number of carbonyl (C=O) groups excluding carboxylic acids is 1. The summed E-state index contributed by atoms with van der Waals surface area (Å²) < 4.78 is 24.3. The average Bonchev–Trinajstić information content (AvgIpc) is 3.00. The number of benzene rings is 2. The zero-order chi connectivity index (χ0) is 18.5. The minimum atomic E-state index is -0.502. The predicted octanol–water partition coefficient (Wildman–Crippen LogP) is 4.33. The zero-order valence-corrected chi connectivity index (χ0v) is 14.8. The lowest BCUT2D eigenvalue weighted by molar-refractivity contribution is -0.130. The summed E-state index contributed by atoms with van der Waals surface area (Å²) in [4.78, 5) is 16.4. The first-order chi connectivity index (χ1) is 12.6. The first kappa shape index (κ1) is 17.9. The van der Waals surface area contributed by atoms with Crippen LogP contribution in [-0.4, -0.2) is 19.0 Å². The molecule has 134 valence electrons. The molecule has 0 unspecified atom stereocenters. The Morgan fingerprint density at radius 3 is 2.73 bits per heavy atom. The Morgan fingerprint density at radius 1 is 1.19 bits per heavy atom. The van der Waals surface area contributed by atoms with Crippen LogP contribution in [0.5, 0.6) is 5.75 Å². The summed E-state index contributed by atoms with van der Waals surface area (Å²) >= 11 is 0. The van der Waals surface area contributed by atoms with Crippen molar-refractivity contribution in [3.8, 4) is 5.75 Å². The number of ether oxygens (including phenoxy) is 2. The van der Waals surface area contributed by atoms with Crippen LogP contribution in [0.25, 0.3) is 6.08 Å². The van der Waals surface area contributed by atoms with Gasteiger partial charge in [0.15, 0.2) is 11.6 Å². The highest BCUT2D eigenvalue weighted by atomic mass is 19.1. The molecule has 4 nitrogen and oxygen atoms in total. The lowest BCUT2D eigenvalue weighted by Crippen LogP contribution is -2.05. The molecule has 0 saturated heterocycles. The summed E-state index contributed by atoms with van der Waals surface area (Å²) in [5.41, 5.74) is 2.70. The van der Waals surface area contributed by atoms with Gasteiger partial charge in [-0.3, -0.25) is 0 Å². The molecular weight excluding hydrogens is 333 g/mol. The van der Waals surface area contributed by atoms with E-state index in [0.29, 0.717) is 30.1 Å². The van der Waals surface area contributed by atoms with Crippen LogP contribution in [0, 0.1) is 5.82 Å². The van der Waals surface area contributed by atoms with Gasteiger partial charge in [-0.05, 0) is 48.2 Å². The molecule has 0 aromatic heterocycles. The maximum atomic E-state index is 13.7. The molecule has 5 heteroatoms. The molecule has 0 radical (unpaired) electrons. The summed E-state index contributed by atoms with van der Waals surface area (Å²) in [6, 6.07) is 12.4. The smallest absolute Gasteiger partial charge is 0.363 e. The standard InChI is InChI=1S/C21H20FNO3/c1-3-14-8-10-19(25-2)16(12-14)13-18-21(24)26-20(23-18)11-9-15-6-4-5-7-17(15)22/h4-8,10,12-13H,3,9,11H2,1-2H3/b18-13+. The molecule has 26 heavy (non-hydrogen) atoms. The van der Waals surface area contributed by atoms with E-state index in [-0.39, 0.29) is 11.5 Å². The molecule has 1 aliphatic rings. The highest BCUT2D eigenvalue weighted by Crippen LogP contribution is 2.25. The number of carbonyl (C=O) groups is 1. The summed E-state index contributed by atoms with van der Waals surface area (Å²) in [6.07, 6.45) is 3.31. The number of hydrogen-bond donors (Lipinski definition) is 0. The number of halogens is 1. The van der Waals surface area contributed by atoms with Crippen molar-refractivity contribution in [2.45, 2.75) is 26.2 Å². The van der Waals surface area contributed by atoms with E-state index in [2.05, 4.69) is 11.9 Å². The van der Waals surface area contributed by atoms with Crippen LogP contribution in [0.1, 0.15) is 30.0 Å². The van der Waals surface area contributed by atoms with Gasteiger partial charge in [-0.25, -0.2) is 14.2 Å². The molecule has 0 bridgehead atoms. The molecule has 0 fully saturated rings. The summed E-state index contributed by atoms with van der Waals surface area (Å²) in [7, 11) is 1.58. The fourth-order valence-corrected chi connectivity index (χ4v) is 2.77. The monoisotopic (exact) mass is 353 g/mol. The van der Waals surface area contributed by atoms with Crippen molar-refractivity contribution < 1.29 is 18.7 Å². The average molecular weight is 353 g/mol. The van der Waals surface area contributed by atoms with Crippen LogP contribution in [0.15, 0.2) is 53.2 Å². The lowest BCUT2D eigenvalue weighted by Gasteiger charge is -2.06. The molecule has 1 aliphatic heterocycles. The Balaban J connectivity index is 1.79. The minimum absolute atomic E-state index is 0.222. The highest BCUT2D eigenvalue weighted by molar-refractivity contribution is 6.07. The van der Waals surface area contributed by atoms with Crippen molar-refractivity contribution in [3.63, 3.8) is 0 Å². The second-order valence-electron chi connectivity index (χ2n) is 5.95. The second-order valence-corrected chi connectivity index (χ2v) is 5.95. The van der Waals surface area contributed by atoms with Gasteiger partial charge in [0.25, 0.3) is 0 Å². The minimum Gasteiger partial charge on any atom is -0.496 e. The SMILES string of the molecule is CCc1ccc(OC)c(/C=C2/N=C(CCc3ccccc3F)OC2=O)c1. The Kier molecular flexibility index (Phi) is 5.46. The normalized spacial score (nSPS) is 15.1. The van der Waals surface area contributed by atoms with Gasteiger partial charge >= 0.3 is 5.97 Å². The molecule has 2 aromatic rings. The van der Waals surface area contributed by atoms with Gasteiger partial charge < -0.3 is 9.47 Å². The number of aliphatic imine (C=N–C) groups is 1. The summed E-state index contributed by atoms with van der Waals surface area (Å²) in [5, 5.41) is 0. The van der Waals surface area contributed by atoms with E-state index in [4.69, 9.17) is 9.47 Å². The van der Waals surface area contributed by atoms with Gasteiger partial charge in [0.05, 0.1) is 7.11 Å². The largest absolute Gasteiger partial charge is 0.496 e. The highest BCUT2D eigenvalue weighted by Gasteiger charge is 2.23. The topological polar surface area (TPSA) is 47.9 Å². The van der Waals surface area contributed by atoms with E-state index in [1.165, 1.54) is 6.07 Å². The molecule has 0 atom stereocenters. The third kappa shape index (κ3) is 3.99. The second kappa shape index (κ2) is 7.95. The maximum absolute atomic E-state index is 13.7. The van der Waals surface area contributed by atoms with Crippen molar-refractivity contribution >= 4 is 17.9 Å². The number of rotatable bonds is 6. The van der Waals surface area contributed by atoms with Crippen LogP contribution in [0.4, 0.5) is 4.39 Å². The van der Waals surface area contributed by atoms with Crippen LogP contribution in [0.3, 0.4) is 0 Å². The van der Waals surface area contributed by atoms with Crippen molar-refractivity contribution in [1.29, 1.82) is 0 Å². The maximum Gasteiger partial charge on any atom is 0.363 e. The van der Waals surface area contributed by atoms with Gasteiger partial charge in [-0.15, -0.1) is 0 Å². The van der Waals surface area contributed by atoms with E-state index in [0.717, 1.165) is 17.5 Å². The number of nitrogens with zero attached hydrogens (tertiary/aromatic N) is 1. The molecule has 0 amide bonds. The molecular formula is C21H20FNO3. The quantitative estimate of drug-likeness (QED) is 0.574. The Hall–Kier alpha value is -2.95. The zero-order valence-electron chi connectivity index (χ0n) is 14.8. The lowest BCUT2D eigenvalue weighted by atomic mass is 10.1. The van der Waals surface area contributed by atoms with Gasteiger partial charge in [-0.2, -0.15) is 0 Å². The number of cyclic esters (lactones) is 1. The van der Waals surface area contributed by atoms with Gasteiger partial charge in [0, 0.05) is 12.0 Å². The number of methoxy groups -OCH3 is 1. The molecule has 2 aromatic carbocycles. The Bertz CT molecular complexity index is 887. The Morgan fingerprint density at radius 2 is 2.00 bits per heavy atom. The van der Waals surface area contributed by atoms with E-state index in [1.54, 1.807) is 31.4 Å². The molecule has 1 heterocycles. The van der Waals surface area contributed by atoms with Gasteiger partial charge in [0.1, 0.15) is 11.6 Å². The van der Waals surface area contributed by atoms with Crippen molar-refractivity contribution in [3.05, 3.63) is 70.7 Å². The van der Waals surface area contributed by atoms with Crippen molar-refractivity contribution in [2.75, 3.05) is 7.11 Å². The first-order valence-corrected chi connectivity index (χ1v) is 8.52. The number of esters is 1. The fourth-order valence-electron chi connectivity index (χ4n) is 2.77. The third-order valence-electron chi connectivity index (χ3n) is 4.23. The number of hydrogen-bond acceptors (Lipinski definition) is 4. The summed E-state index contributed by atoms with van der Waals surface area (Å²) in [6.45, 7) is 2.06. The van der Waals surface area contributed by atoms with Gasteiger partial charge in [-0.1, -0.05) is 31.2 Å². The van der Waals surface area contributed by atoms with Crippen LogP contribution in [0.2, 0.25) is 0 Å². The number of aryl methyl sites for hydroxylation is 2. The van der Waals surface area contributed by atoms with Crippen molar-refractivity contribution in [2.24, 2.45) is 4.99 Å². The van der Waals surface area contributed by atoms with Crippen molar-refractivity contribution in [1.82, 2.24) is 0 Å². The van der Waals surface area contributed by atoms with E-state index in [1.807, 2.05) is 18.2 Å². The molecule has 0 N–H and O–H groups in total. The van der Waals surface area contributed by atoms with E-state index >= 15 is 0 Å². The predicted molar refractivity (Wildman–Crippen MR) is 98.6 cm³/mol. The third-order valence-corrected chi connectivity index (χ3v) is 4.23. The molecule has 0 saturated carbocycles. The summed E-state index contributed by atoms with van der Waals surface area (Å²) in [5.74, 6) is 0.194. The fraction of sp³-hybridized carbons (Fsp3) is 0.238. The van der Waals surface area contributed by atoms with E-state index in [9.17, 15) is 9.18 Å². The Labute approximate surface area is 152 Å². The van der Waals surface area contributed by atoms with Crippen LogP contribution in [-0.2, 0) is 22.4 Å². The first-order valence-electron chi connectivity index (χ1n) is 8.52. The molecule has 0 aliphatic carbocycles. The van der Waals surface area contributed by atoms with E-state index < -0.39 is 5.97 Å². The molecule has 3 rings (SSSR count). The van der Waals surface area contributed by atoms with Gasteiger partial charge in [0.2, 0.25) is 0 Å².